The lowest BCUT2D eigenvalue weighted by Crippen LogP contribution is -2.34. The number of amides is 1. The second kappa shape index (κ2) is 9.41. The van der Waals surface area contributed by atoms with Crippen molar-refractivity contribution in [3.8, 4) is 16.3 Å². The lowest BCUT2D eigenvalue weighted by atomic mass is 10.2. The Morgan fingerprint density at radius 1 is 1.19 bits per heavy atom. The van der Waals surface area contributed by atoms with Crippen LogP contribution in [0.15, 0.2) is 48.5 Å². The molecule has 0 atom stereocenters. The SMILES string of the molecule is CCc1nnc2sc(-c3cccc(NC(=S)NC(=O)c4ccc(OC(C)C)cc4)c3)nn12. The van der Waals surface area contributed by atoms with Crippen LogP contribution in [0.4, 0.5) is 5.69 Å². The number of fused-ring (bicyclic) bond motifs is 1. The van der Waals surface area contributed by atoms with Crippen LogP contribution in [0.2, 0.25) is 0 Å². The van der Waals surface area contributed by atoms with Gasteiger partial charge in [0.15, 0.2) is 10.9 Å². The molecule has 1 amide bonds. The van der Waals surface area contributed by atoms with Crippen molar-refractivity contribution in [2.24, 2.45) is 0 Å². The summed E-state index contributed by atoms with van der Waals surface area (Å²) in [6.45, 7) is 5.92. The molecule has 0 spiro atoms. The summed E-state index contributed by atoms with van der Waals surface area (Å²) < 4.78 is 7.37. The van der Waals surface area contributed by atoms with Gasteiger partial charge in [0.2, 0.25) is 4.96 Å². The van der Waals surface area contributed by atoms with Gasteiger partial charge in [0.1, 0.15) is 10.8 Å². The number of aryl methyl sites for hydroxylation is 1. The summed E-state index contributed by atoms with van der Waals surface area (Å²) in [5.41, 5.74) is 2.16. The van der Waals surface area contributed by atoms with Crippen LogP contribution in [0.3, 0.4) is 0 Å². The number of anilines is 1. The second-order valence-corrected chi connectivity index (χ2v) is 8.62. The fraction of sp³-hybridized carbons (Fsp3) is 0.227. The van der Waals surface area contributed by atoms with Gasteiger partial charge in [0.25, 0.3) is 5.91 Å². The fourth-order valence-corrected chi connectivity index (χ4v) is 4.08. The highest BCUT2D eigenvalue weighted by Gasteiger charge is 2.13. The highest BCUT2D eigenvalue weighted by molar-refractivity contribution is 7.80. The van der Waals surface area contributed by atoms with E-state index in [4.69, 9.17) is 17.0 Å². The number of benzene rings is 2. The number of hydrogen-bond donors (Lipinski definition) is 2. The maximum atomic E-state index is 12.5. The van der Waals surface area contributed by atoms with E-state index in [0.29, 0.717) is 11.3 Å². The molecule has 0 aliphatic carbocycles. The lowest BCUT2D eigenvalue weighted by Gasteiger charge is -2.12. The number of ether oxygens (including phenoxy) is 1. The summed E-state index contributed by atoms with van der Waals surface area (Å²) in [5, 5.41) is 19.7. The first kappa shape index (κ1) is 21.8. The standard InChI is InChI=1S/C22H22N6O2S2/c1-4-18-25-26-22-28(18)27-20(32-22)15-6-5-7-16(12-15)23-21(31)24-19(29)14-8-10-17(11-9-14)30-13(2)3/h5-13H,4H2,1-3H3,(H2,23,24,29,31). The Balaban J connectivity index is 1.42. The van der Waals surface area contributed by atoms with Crippen molar-refractivity contribution < 1.29 is 9.53 Å². The van der Waals surface area contributed by atoms with Crippen molar-refractivity contribution in [2.45, 2.75) is 33.3 Å². The molecule has 2 aromatic heterocycles. The van der Waals surface area contributed by atoms with Gasteiger partial charge >= 0.3 is 0 Å². The third kappa shape index (κ3) is 4.92. The van der Waals surface area contributed by atoms with Crippen LogP contribution in [0.1, 0.15) is 37.0 Å². The van der Waals surface area contributed by atoms with Crippen LogP contribution in [0, 0.1) is 0 Å². The molecule has 10 heteroatoms. The topological polar surface area (TPSA) is 93.4 Å². The van der Waals surface area contributed by atoms with Crippen LogP contribution in [0.5, 0.6) is 5.75 Å². The maximum absolute atomic E-state index is 12.5. The largest absolute Gasteiger partial charge is 0.491 e. The van der Waals surface area contributed by atoms with Crippen LogP contribution in [-0.2, 0) is 6.42 Å². The van der Waals surface area contributed by atoms with E-state index in [9.17, 15) is 4.79 Å². The third-order valence-electron chi connectivity index (χ3n) is 4.45. The quantitative estimate of drug-likeness (QED) is 0.409. The predicted octanol–water partition coefficient (Wildman–Crippen LogP) is 4.33. The molecule has 0 aliphatic heterocycles. The zero-order valence-electron chi connectivity index (χ0n) is 17.8. The van der Waals surface area contributed by atoms with Gasteiger partial charge in [-0.25, -0.2) is 0 Å². The Bertz CT molecular complexity index is 1260. The molecule has 0 fully saturated rings. The zero-order chi connectivity index (χ0) is 22.7. The van der Waals surface area contributed by atoms with E-state index in [1.54, 1.807) is 28.8 Å². The van der Waals surface area contributed by atoms with Crippen LogP contribution >= 0.6 is 23.6 Å². The van der Waals surface area contributed by atoms with Gasteiger partial charge in [-0.1, -0.05) is 30.4 Å². The van der Waals surface area contributed by atoms with Crippen molar-refractivity contribution in [3.63, 3.8) is 0 Å². The normalized spacial score (nSPS) is 11.0. The van der Waals surface area contributed by atoms with Crippen molar-refractivity contribution in [3.05, 3.63) is 59.9 Å². The summed E-state index contributed by atoms with van der Waals surface area (Å²) >= 11 is 6.79. The molecular formula is C22H22N6O2S2. The van der Waals surface area contributed by atoms with Crippen LogP contribution in [-0.4, -0.2) is 36.9 Å². The van der Waals surface area contributed by atoms with Crippen LogP contribution < -0.4 is 15.4 Å². The van der Waals surface area contributed by atoms with Crippen molar-refractivity contribution in [2.75, 3.05) is 5.32 Å². The molecule has 2 heterocycles. The molecule has 0 unspecified atom stereocenters. The summed E-state index contributed by atoms with van der Waals surface area (Å²) in [6.07, 6.45) is 0.829. The van der Waals surface area contributed by atoms with E-state index in [1.165, 1.54) is 11.3 Å². The Kier molecular flexibility index (Phi) is 6.42. The van der Waals surface area contributed by atoms with Crippen molar-refractivity contribution in [1.82, 2.24) is 25.1 Å². The molecule has 0 aliphatic rings. The first-order chi connectivity index (χ1) is 15.4. The molecule has 4 aromatic rings. The van der Waals surface area contributed by atoms with E-state index >= 15 is 0 Å². The summed E-state index contributed by atoms with van der Waals surface area (Å²) in [6, 6.07) is 14.6. The molecule has 32 heavy (non-hydrogen) atoms. The Morgan fingerprint density at radius 2 is 1.97 bits per heavy atom. The molecule has 0 saturated carbocycles. The molecule has 164 valence electrons. The van der Waals surface area contributed by atoms with Gasteiger partial charge in [0, 0.05) is 23.2 Å². The van der Waals surface area contributed by atoms with Gasteiger partial charge in [0.05, 0.1) is 6.10 Å². The predicted molar refractivity (Wildman–Crippen MR) is 129 cm³/mol. The second-order valence-electron chi connectivity index (χ2n) is 7.25. The fourth-order valence-electron chi connectivity index (χ4n) is 3.02. The highest BCUT2D eigenvalue weighted by Crippen LogP contribution is 2.27. The molecule has 4 rings (SSSR count). The lowest BCUT2D eigenvalue weighted by molar-refractivity contribution is 0.0977. The minimum Gasteiger partial charge on any atom is -0.491 e. The number of aromatic nitrogens is 4. The summed E-state index contributed by atoms with van der Waals surface area (Å²) in [7, 11) is 0. The Hall–Kier alpha value is -3.37. The average molecular weight is 467 g/mol. The van der Waals surface area contributed by atoms with Gasteiger partial charge in [-0.15, -0.1) is 10.2 Å². The molecule has 0 radical (unpaired) electrons. The van der Waals surface area contributed by atoms with Crippen molar-refractivity contribution >= 4 is 45.2 Å². The molecule has 0 saturated heterocycles. The highest BCUT2D eigenvalue weighted by atomic mass is 32.1. The van der Waals surface area contributed by atoms with Gasteiger partial charge in [-0.05, 0) is 62.5 Å². The minimum atomic E-state index is -0.296. The van der Waals surface area contributed by atoms with Crippen LogP contribution in [0.25, 0.3) is 15.5 Å². The van der Waals surface area contributed by atoms with Crippen molar-refractivity contribution in [1.29, 1.82) is 0 Å². The van der Waals surface area contributed by atoms with Gasteiger partial charge in [-0.2, -0.15) is 9.61 Å². The third-order valence-corrected chi connectivity index (χ3v) is 5.61. The van der Waals surface area contributed by atoms with E-state index in [2.05, 4.69) is 25.9 Å². The number of thiocarbonyl (C=S) groups is 1. The summed E-state index contributed by atoms with van der Waals surface area (Å²) in [5.74, 6) is 1.24. The minimum absolute atomic E-state index is 0.0717. The van der Waals surface area contributed by atoms with E-state index in [0.717, 1.165) is 33.5 Å². The maximum Gasteiger partial charge on any atom is 0.257 e. The number of carbonyl (C=O) groups excluding carboxylic acids is 1. The number of hydrogen-bond acceptors (Lipinski definition) is 7. The van der Waals surface area contributed by atoms with E-state index in [-0.39, 0.29) is 17.1 Å². The smallest absolute Gasteiger partial charge is 0.257 e. The Labute approximate surface area is 194 Å². The number of rotatable bonds is 6. The number of nitrogens with one attached hydrogen (secondary N) is 2. The first-order valence-corrected chi connectivity index (χ1v) is 11.4. The number of nitrogens with zero attached hydrogens (tertiary/aromatic N) is 4. The molecule has 2 N–H and O–H groups in total. The Morgan fingerprint density at radius 3 is 2.69 bits per heavy atom. The monoisotopic (exact) mass is 466 g/mol. The first-order valence-electron chi connectivity index (χ1n) is 10.1. The van der Waals surface area contributed by atoms with Gasteiger partial charge < -0.3 is 10.1 Å². The molecule has 2 aromatic carbocycles. The average Bonchev–Trinajstić information content (AvgIpc) is 3.34. The molecular weight excluding hydrogens is 444 g/mol. The number of carbonyl (C=O) groups is 1. The molecule has 0 bridgehead atoms. The van der Waals surface area contributed by atoms with E-state index < -0.39 is 0 Å². The summed E-state index contributed by atoms with van der Waals surface area (Å²) in [4.78, 5) is 13.2. The zero-order valence-corrected chi connectivity index (χ0v) is 19.5. The molecule has 8 nitrogen and oxygen atoms in total. The van der Waals surface area contributed by atoms with Gasteiger partial charge in [-0.3, -0.25) is 10.1 Å². The van der Waals surface area contributed by atoms with E-state index in [1.807, 2.05) is 45.0 Å².